The summed E-state index contributed by atoms with van der Waals surface area (Å²) in [4.78, 5) is 28.8. The summed E-state index contributed by atoms with van der Waals surface area (Å²) in [5, 5.41) is 0. The van der Waals surface area contributed by atoms with Gasteiger partial charge in [0.1, 0.15) is 12.2 Å². The van der Waals surface area contributed by atoms with Crippen LogP contribution in [0, 0.1) is 0 Å². The Balaban J connectivity index is 2.89. The summed E-state index contributed by atoms with van der Waals surface area (Å²) in [7, 11) is 1.28. The quantitative estimate of drug-likeness (QED) is 0.796. The van der Waals surface area contributed by atoms with Gasteiger partial charge in [-0.3, -0.25) is 9.59 Å². The first kappa shape index (κ1) is 14.0. The fourth-order valence-electron chi connectivity index (χ4n) is 1.37. The third-order valence-electron chi connectivity index (χ3n) is 2.42. The predicted octanol–water partition coefficient (Wildman–Crippen LogP) is 0.687. The minimum absolute atomic E-state index is 0.0982. The van der Waals surface area contributed by atoms with E-state index in [-0.39, 0.29) is 24.2 Å². The van der Waals surface area contributed by atoms with Gasteiger partial charge in [0.25, 0.3) is 5.91 Å². The lowest BCUT2D eigenvalue weighted by atomic mass is 10.2. The summed E-state index contributed by atoms with van der Waals surface area (Å²) in [6.07, 6.45) is 1.41. The van der Waals surface area contributed by atoms with Crippen molar-refractivity contribution in [2.45, 2.75) is 19.9 Å². The van der Waals surface area contributed by atoms with Gasteiger partial charge in [0.2, 0.25) is 0 Å². The number of nitrogen functional groups attached to an aromatic ring is 1. The van der Waals surface area contributed by atoms with Crippen molar-refractivity contribution in [1.82, 2.24) is 9.88 Å². The Kier molecular flexibility index (Phi) is 4.65. The van der Waals surface area contributed by atoms with Gasteiger partial charge in [-0.25, -0.2) is 4.98 Å². The first-order chi connectivity index (χ1) is 8.45. The summed E-state index contributed by atoms with van der Waals surface area (Å²) in [5.41, 5.74) is 6.24. The SMILES string of the molecule is COC(=O)CN(C(=O)c1ccc(N)cn1)C(C)C. The smallest absolute Gasteiger partial charge is 0.325 e. The van der Waals surface area contributed by atoms with Crippen molar-refractivity contribution in [3.8, 4) is 0 Å². The van der Waals surface area contributed by atoms with Crippen molar-refractivity contribution in [3.63, 3.8) is 0 Å². The molecule has 1 amide bonds. The molecule has 0 saturated heterocycles. The van der Waals surface area contributed by atoms with Gasteiger partial charge < -0.3 is 15.4 Å². The summed E-state index contributed by atoms with van der Waals surface area (Å²) < 4.78 is 4.56. The number of aromatic nitrogens is 1. The molecule has 0 spiro atoms. The molecule has 2 N–H and O–H groups in total. The van der Waals surface area contributed by atoms with Gasteiger partial charge >= 0.3 is 5.97 Å². The van der Waals surface area contributed by atoms with Crippen LogP contribution in [0.25, 0.3) is 0 Å². The number of esters is 1. The van der Waals surface area contributed by atoms with Gasteiger partial charge in [-0.15, -0.1) is 0 Å². The van der Waals surface area contributed by atoms with E-state index in [4.69, 9.17) is 5.73 Å². The minimum atomic E-state index is -0.465. The number of nitrogens with zero attached hydrogens (tertiary/aromatic N) is 2. The van der Waals surface area contributed by atoms with Crippen LogP contribution in [-0.4, -0.2) is 41.5 Å². The van der Waals surface area contributed by atoms with Crippen LogP contribution in [0.2, 0.25) is 0 Å². The van der Waals surface area contributed by atoms with Crippen molar-refractivity contribution < 1.29 is 14.3 Å². The molecule has 0 bridgehead atoms. The average Bonchev–Trinajstić information content (AvgIpc) is 2.35. The largest absolute Gasteiger partial charge is 0.468 e. The molecule has 6 nitrogen and oxygen atoms in total. The molecule has 0 aliphatic heterocycles. The number of carbonyl (C=O) groups excluding carboxylic acids is 2. The van der Waals surface area contributed by atoms with Crippen molar-refractivity contribution >= 4 is 17.6 Å². The predicted molar refractivity (Wildman–Crippen MR) is 66.8 cm³/mol. The van der Waals surface area contributed by atoms with Crippen LogP contribution in [0.4, 0.5) is 5.69 Å². The summed E-state index contributed by atoms with van der Waals surface area (Å²) in [5.74, 6) is -0.789. The van der Waals surface area contributed by atoms with Crippen LogP contribution in [0.3, 0.4) is 0 Å². The third kappa shape index (κ3) is 3.44. The van der Waals surface area contributed by atoms with E-state index < -0.39 is 5.97 Å². The molecule has 0 saturated carbocycles. The van der Waals surface area contributed by atoms with Gasteiger partial charge in [0.05, 0.1) is 19.0 Å². The first-order valence-electron chi connectivity index (χ1n) is 5.55. The highest BCUT2D eigenvalue weighted by atomic mass is 16.5. The molecular weight excluding hydrogens is 234 g/mol. The highest BCUT2D eigenvalue weighted by Gasteiger charge is 2.22. The zero-order valence-electron chi connectivity index (χ0n) is 10.7. The molecule has 0 unspecified atom stereocenters. The van der Waals surface area contributed by atoms with E-state index in [1.807, 2.05) is 13.8 Å². The maximum absolute atomic E-state index is 12.2. The van der Waals surface area contributed by atoms with Crippen molar-refractivity contribution in [2.75, 3.05) is 19.4 Å². The molecular formula is C12H17N3O3. The molecule has 1 rings (SSSR count). The number of methoxy groups -OCH3 is 1. The lowest BCUT2D eigenvalue weighted by molar-refractivity contribution is -0.141. The van der Waals surface area contributed by atoms with Crippen LogP contribution in [-0.2, 0) is 9.53 Å². The Morgan fingerprint density at radius 1 is 1.44 bits per heavy atom. The van der Waals surface area contributed by atoms with E-state index in [0.717, 1.165) is 0 Å². The zero-order valence-corrected chi connectivity index (χ0v) is 10.7. The fourth-order valence-corrected chi connectivity index (χ4v) is 1.37. The number of nitrogens with two attached hydrogens (primary N) is 1. The van der Waals surface area contributed by atoms with Crippen LogP contribution in [0.1, 0.15) is 24.3 Å². The standard InChI is InChI=1S/C12H17N3O3/c1-8(2)15(7-11(16)18-3)12(17)10-5-4-9(13)6-14-10/h4-6,8H,7,13H2,1-3H3. The van der Waals surface area contributed by atoms with Crippen molar-refractivity contribution in [2.24, 2.45) is 0 Å². The molecule has 0 atom stereocenters. The Bertz CT molecular complexity index is 429. The Morgan fingerprint density at radius 3 is 2.56 bits per heavy atom. The number of hydrogen-bond acceptors (Lipinski definition) is 5. The van der Waals surface area contributed by atoms with Gasteiger partial charge in [0, 0.05) is 6.04 Å². The molecule has 0 fully saturated rings. The lowest BCUT2D eigenvalue weighted by Gasteiger charge is -2.25. The lowest BCUT2D eigenvalue weighted by Crippen LogP contribution is -2.41. The summed E-state index contributed by atoms with van der Waals surface area (Å²) in [6, 6.07) is 3.00. The first-order valence-corrected chi connectivity index (χ1v) is 5.55. The number of hydrogen-bond donors (Lipinski definition) is 1. The van der Waals surface area contributed by atoms with Crippen molar-refractivity contribution in [3.05, 3.63) is 24.0 Å². The van der Waals surface area contributed by atoms with E-state index in [1.165, 1.54) is 24.3 Å². The molecule has 18 heavy (non-hydrogen) atoms. The zero-order chi connectivity index (χ0) is 13.7. The third-order valence-corrected chi connectivity index (χ3v) is 2.42. The number of rotatable bonds is 4. The Labute approximate surface area is 106 Å². The normalized spacial score (nSPS) is 10.2. The number of anilines is 1. The van der Waals surface area contributed by atoms with Gasteiger partial charge in [-0.1, -0.05) is 0 Å². The Morgan fingerprint density at radius 2 is 2.11 bits per heavy atom. The fraction of sp³-hybridized carbons (Fsp3) is 0.417. The molecule has 1 heterocycles. The van der Waals surface area contributed by atoms with Crippen LogP contribution in [0.5, 0.6) is 0 Å². The second-order valence-corrected chi connectivity index (χ2v) is 4.08. The maximum atomic E-state index is 12.2. The van der Waals surface area contributed by atoms with Gasteiger partial charge in [0.15, 0.2) is 0 Å². The van der Waals surface area contributed by atoms with Gasteiger partial charge in [-0.2, -0.15) is 0 Å². The topological polar surface area (TPSA) is 85.5 Å². The van der Waals surface area contributed by atoms with E-state index in [9.17, 15) is 9.59 Å². The molecule has 1 aromatic heterocycles. The molecule has 98 valence electrons. The molecule has 0 aliphatic carbocycles. The number of ether oxygens (including phenoxy) is 1. The highest BCUT2D eigenvalue weighted by molar-refractivity contribution is 5.94. The molecule has 0 aromatic carbocycles. The van der Waals surface area contributed by atoms with Gasteiger partial charge in [-0.05, 0) is 26.0 Å². The molecule has 0 aliphatic rings. The second-order valence-electron chi connectivity index (χ2n) is 4.08. The maximum Gasteiger partial charge on any atom is 0.325 e. The molecule has 0 radical (unpaired) electrons. The highest BCUT2D eigenvalue weighted by Crippen LogP contribution is 2.08. The Hall–Kier alpha value is -2.11. The minimum Gasteiger partial charge on any atom is -0.468 e. The monoisotopic (exact) mass is 251 g/mol. The number of carbonyl (C=O) groups is 2. The van der Waals surface area contributed by atoms with Crippen LogP contribution in [0.15, 0.2) is 18.3 Å². The van der Waals surface area contributed by atoms with Crippen molar-refractivity contribution in [1.29, 1.82) is 0 Å². The summed E-state index contributed by atoms with van der Waals surface area (Å²) >= 11 is 0. The van der Waals surface area contributed by atoms with E-state index in [0.29, 0.717) is 5.69 Å². The second kappa shape index (κ2) is 6.00. The van der Waals surface area contributed by atoms with E-state index in [1.54, 1.807) is 6.07 Å². The number of pyridine rings is 1. The average molecular weight is 251 g/mol. The van der Waals surface area contributed by atoms with E-state index in [2.05, 4.69) is 9.72 Å². The van der Waals surface area contributed by atoms with Crippen LogP contribution >= 0.6 is 0 Å². The summed E-state index contributed by atoms with van der Waals surface area (Å²) in [6.45, 7) is 3.54. The number of amides is 1. The molecule has 1 aromatic rings. The molecule has 6 heteroatoms. The van der Waals surface area contributed by atoms with Crippen LogP contribution < -0.4 is 5.73 Å². The van der Waals surface area contributed by atoms with E-state index >= 15 is 0 Å².